The third-order valence-corrected chi connectivity index (χ3v) is 6.03. The van der Waals surface area contributed by atoms with Crippen molar-refractivity contribution in [3.05, 3.63) is 52.9 Å². The highest BCUT2D eigenvalue weighted by atomic mass is 16.5. The fraction of sp³-hybridized carbons (Fsp3) is 0.583. The maximum absolute atomic E-state index is 5.32. The number of nitrogens with zero attached hydrogens (tertiary/aromatic N) is 3. The van der Waals surface area contributed by atoms with Crippen LogP contribution in [0, 0.1) is 13.8 Å². The van der Waals surface area contributed by atoms with Crippen molar-refractivity contribution < 1.29 is 4.52 Å². The third kappa shape index (κ3) is 5.85. The molecule has 3 unspecified atom stereocenters. The maximum atomic E-state index is 5.32. The molecular formula is C24H37N5O. The SMILES string of the molecule is CCNC(=NCC(C)c1c(C)noc1C)NC1CCN(Cc2ccccc2)C(C)C1. The summed E-state index contributed by atoms with van der Waals surface area (Å²) in [6.45, 7) is 14.3. The van der Waals surface area contributed by atoms with Crippen LogP contribution >= 0.6 is 0 Å². The van der Waals surface area contributed by atoms with Crippen molar-refractivity contribution in [2.24, 2.45) is 4.99 Å². The number of hydrogen-bond donors (Lipinski definition) is 2. The van der Waals surface area contributed by atoms with Gasteiger partial charge in [-0.15, -0.1) is 0 Å². The molecule has 6 heteroatoms. The number of likely N-dealkylation sites (tertiary alicyclic amines) is 1. The second-order valence-corrected chi connectivity index (χ2v) is 8.53. The van der Waals surface area contributed by atoms with Crippen molar-refractivity contribution >= 4 is 5.96 Å². The van der Waals surface area contributed by atoms with Gasteiger partial charge in [0.15, 0.2) is 5.96 Å². The van der Waals surface area contributed by atoms with E-state index in [1.165, 1.54) is 11.1 Å². The summed E-state index contributed by atoms with van der Waals surface area (Å²) < 4.78 is 5.32. The monoisotopic (exact) mass is 411 g/mol. The van der Waals surface area contributed by atoms with Crippen LogP contribution in [0.2, 0.25) is 0 Å². The number of guanidine groups is 1. The number of aliphatic imine (C=N–C) groups is 1. The van der Waals surface area contributed by atoms with Crippen LogP contribution in [0.4, 0.5) is 0 Å². The Morgan fingerprint density at radius 1 is 1.30 bits per heavy atom. The van der Waals surface area contributed by atoms with E-state index >= 15 is 0 Å². The van der Waals surface area contributed by atoms with Gasteiger partial charge in [-0.1, -0.05) is 42.4 Å². The zero-order valence-electron chi connectivity index (χ0n) is 19.1. The smallest absolute Gasteiger partial charge is 0.191 e. The molecule has 2 N–H and O–H groups in total. The number of benzene rings is 1. The number of rotatable bonds is 7. The molecule has 1 fully saturated rings. The number of aromatic nitrogens is 1. The first kappa shape index (κ1) is 22.3. The Labute approximate surface area is 181 Å². The van der Waals surface area contributed by atoms with E-state index in [0.717, 1.165) is 49.9 Å². The highest BCUT2D eigenvalue weighted by Crippen LogP contribution is 2.23. The summed E-state index contributed by atoms with van der Waals surface area (Å²) in [7, 11) is 0. The minimum atomic E-state index is 0.276. The summed E-state index contributed by atoms with van der Waals surface area (Å²) in [6.07, 6.45) is 2.25. The van der Waals surface area contributed by atoms with E-state index in [2.05, 4.69) is 71.8 Å². The molecule has 1 aliphatic heterocycles. The van der Waals surface area contributed by atoms with Gasteiger partial charge in [-0.05, 0) is 46.1 Å². The van der Waals surface area contributed by atoms with Crippen molar-refractivity contribution in [3.8, 4) is 0 Å². The van der Waals surface area contributed by atoms with Crippen molar-refractivity contribution in [1.82, 2.24) is 20.7 Å². The molecule has 0 aliphatic carbocycles. The topological polar surface area (TPSA) is 65.7 Å². The van der Waals surface area contributed by atoms with Crippen LogP contribution in [-0.2, 0) is 6.54 Å². The van der Waals surface area contributed by atoms with Crippen LogP contribution in [0.3, 0.4) is 0 Å². The highest BCUT2D eigenvalue weighted by Gasteiger charge is 2.26. The Bertz CT molecular complexity index is 797. The van der Waals surface area contributed by atoms with Crippen molar-refractivity contribution in [2.45, 2.75) is 72.0 Å². The molecule has 0 radical (unpaired) electrons. The van der Waals surface area contributed by atoms with Gasteiger partial charge in [-0.25, -0.2) is 0 Å². The molecule has 3 rings (SSSR count). The van der Waals surface area contributed by atoms with E-state index in [9.17, 15) is 0 Å². The Hall–Kier alpha value is -2.34. The first-order valence-corrected chi connectivity index (χ1v) is 11.2. The van der Waals surface area contributed by atoms with Gasteiger partial charge < -0.3 is 15.2 Å². The normalized spacial score (nSPS) is 21.4. The zero-order chi connectivity index (χ0) is 21.5. The molecule has 2 aromatic rings. The van der Waals surface area contributed by atoms with Gasteiger partial charge in [0.1, 0.15) is 5.76 Å². The molecule has 6 nitrogen and oxygen atoms in total. The Balaban J connectivity index is 1.55. The molecular weight excluding hydrogens is 374 g/mol. The minimum absolute atomic E-state index is 0.276. The van der Waals surface area contributed by atoms with Gasteiger partial charge >= 0.3 is 0 Å². The van der Waals surface area contributed by atoms with E-state index in [4.69, 9.17) is 9.52 Å². The van der Waals surface area contributed by atoms with Crippen LogP contribution in [0.25, 0.3) is 0 Å². The third-order valence-electron chi connectivity index (χ3n) is 6.03. The van der Waals surface area contributed by atoms with Crippen LogP contribution in [0.5, 0.6) is 0 Å². The number of aryl methyl sites for hydroxylation is 2. The first-order chi connectivity index (χ1) is 14.5. The molecule has 1 saturated heterocycles. The van der Waals surface area contributed by atoms with Crippen LogP contribution < -0.4 is 10.6 Å². The molecule has 164 valence electrons. The predicted octanol–water partition coefficient (Wildman–Crippen LogP) is 4.00. The molecule has 0 saturated carbocycles. The molecule has 1 aromatic carbocycles. The number of hydrogen-bond acceptors (Lipinski definition) is 4. The molecule has 0 bridgehead atoms. The highest BCUT2D eigenvalue weighted by molar-refractivity contribution is 5.80. The Morgan fingerprint density at radius 2 is 2.07 bits per heavy atom. The molecule has 30 heavy (non-hydrogen) atoms. The lowest BCUT2D eigenvalue weighted by Crippen LogP contribution is -2.51. The van der Waals surface area contributed by atoms with Gasteiger partial charge in [0, 0.05) is 49.7 Å². The summed E-state index contributed by atoms with van der Waals surface area (Å²) in [5.41, 5.74) is 3.53. The van der Waals surface area contributed by atoms with Crippen LogP contribution in [0.15, 0.2) is 39.8 Å². The van der Waals surface area contributed by atoms with Crippen LogP contribution in [0.1, 0.15) is 62.1 Å². The van der Waals surface area contributed by atoms with Crippen molar-refractivity contribution in [3.63, 3.8) is 0 Å². The lowest BCUT2D eigenvalue weighted by molar-refractivity contribution is 0.134. The van der Waals surface area contributed by atoms with Gasteiger partial charge in [0.25, 0.3) is 0 Å². The molecule has 1 aromatic heterocycles. The lowest BCUT2D eigenvalue weighted by atomic mass is 9.97. The van der Waals surface area contributed by atoms with Gasteiger partial charge in [0.2, 0.25) is 0 Å². The van der Waals surface area contributed by atoms with E-state index < -0.39 is 0 Å². The van der Waals surface area contributed by atoms with Gasteiger partial charge in [0.05, 0.1) is 5.69 Å². The van der Waals surface area contributed by atoms with Crippen molar-refractivity contribution in [2.75, 3.05) is 19.6 Å². The second-order valence-electron chi connectivity index (χ2n) is 8.53. The molecule has 1 aliphatic rings. The maximum Gasteiger partial charge on any atom is 0.191 e. The molecule has 0 amide bonds. The number of nitrogens with one attached hydrogen (secondary N) is 2. The second kappa shape index (κ2) is 10.6. The fourth-order valence-electron chi connectivity index (χ4n) is 4.43. The molecule has 2 heterocycles. The van der Waals surface area contributed by atoms with Crippen molar-refractivity contribution in [1.29, 1.82) is 0 Å². The summed E-state index contributed by atoms with van der Waals surface area (Å²) in [5, 5.41) is 11.2. The van der Waals surface area contributed by atoms with E-state index in [-0.39, 0.29) is 5.92 Å². The van der Waals surface area contributed by atoms with E-state index in [0.29, 0.717) is 18.6 Å². The fourth-order valence-corrected chi connectivity index (χ4v) is 4.43. The Kier molecular flexibility index (Phi) is 7.91. The van der Waals surface area contributed by atoms with Crippen LogP contribution in [-0.4, -0.2) is 47.7 Å². The predicted molar refractivity (Wildman–Crippen MR) is 123 cm³/mol. The summed E-state index contributed by atoms with van der Waals surface area (Å²) in [5.74, 6) is 2.08. The first-order valence-electron chi connectivity index (χ1n) is 11.2. The zero-order valence-corrected chi connectivity index (χ0v) is 19.1. The van der Waals surface area contributed by atoms with Gasteiger partial charge in [-0.2, -0.15) is 0 Å². The van der Waals surface area contributed by atoms with E-state index in [1.54, 1.807) is 0 Å². The minimum Gasteiger partial charge on any atom is -0.361 e. The average Bonchev–Trinajstić information content (AvgIpc) is 3.07. The quantitative estimate of drug-likeness (QED) is 0.532. The number of piperidine rings is 1. The lowest BCUT2D eigenvalue weighted by Gasteiger charge is -2.38. The van der Waals surface area contributed by atoms with E-state index in [1.807, 2.05) is 13.8 Å². The Morgan fingerprint density at radius 3 is 2.70 bits per heavy atom. The molecule has 3 atom stereocenters. The average molecular weight is 412 g/mol. The molecule has 0 spiro atoms. The summed E-state index contributed by atoms with van der Waals surface area (Å²) in [4.78, 5) is 7.45. The summed E-state index contributed by atoms with van der Waals surface area (Å²) in [6, 6.07) is 11.7. The largest absolute Gasteiger partial charge is 0.361 e. The standard InChI is InChI=1S/C24H37N5O/c1-6-25-24(26-15-17(2)23-19(4)28-30-20(23)5)27-22-12-13-29(18(3)14-22)16-21-10-8-7-9-11-21/h7-11,17-18,22H,6,12-16H2,1-5H3,(H2,25,26,27). The summed E-state index contributed by atoms with van der Waals surface area (Å²) >= 11 is 0. The van der Waals surface area contributed by atoms with Gasteiger partial charge in [-0.3, -0.25) is 9.89 Å².